The van der Waals surface area contributed by atoms with Crippen LogP contribution in [0.2, 0.25) is 0 Å². The third-order valence-electron chi connectivity index (χ3n) is 4.22. The molecule has 0 fully saturated rings. The maximum atomic E-state index is 12.9. The van der Waals surface area contributed by atoms with E-state index in [0.29, 0.717) is 12.2 Å². The number of primary amides is 1. The Hall–Kier alpha value is -3.60. The number of benzene rings is 3. The fourth-order valence-corrected chi connectivity index (χ4v) is 2.93. The zero-order valence-corrected chi connectivity index (χ0v) is 14.8. The molecule has 0 aromatic heterocycles. The second-order valence-electron chi connectivity index (χ2n) is 6.16. The van der Waals surface area contributed by atoms with Crippen molar-refractivity contribution < 1.29 is 9.59 Å². The zero-order chi connectivity index (χ0) is 19.1. The van der Waals surface area contributed by atoms with Crippen LogP contribution in [-0.4, -0.2) is 11.9 Å². The van der Waals surface area contributed by atoms with Crippen LogP contribution in [-0.2, 0) is 11.3 Å². The van der Waals surface area contributed by atoms with Crippen molar-refractivity contribution in [1.82, 2.24) is 5.32 Å². The highest BCUT2D eigenvalue weighted by Gasteiger charge is 2.22. The van der Waals surface area contributed by atoms with Crippen molar-refractivity contribution >= 4 is 17.6 Å². The summed E-state index contributed by atoms with van der Waals surface area (Å²) in [6.45, 7) is 0.395. The monoisotopic (exact) mass is 359 g/mol. The normalized spacial score (nSPS) is 10.4. The Morgan fingerprint density at radius 1 is 0.778 bits per heavy atom. The van der Waals surface area contributed by atoms with Crippen LogP contribution in [0.15, 0.2) is 84.9 Å². The van der Waals surface area contributed by atoms with Gasteiger partial charge in [0, 0.05) is 12.2 Å². The van der Waals surface area contributed by atoms with Crippen LogP contribution in [0.25, 0.3) is 0 Å². The van der Waals surface area contributed by atoms with Crippen LogP contribution >= 0.6 is 0 Å². The summed E-state index contributed by atoms with van der Waals surface area (Å²) in [6, 6.07) is 26.0. The summed E-state index contributed by atoms with van der Waals surface area (Å²) in [5, 5.41) is 5.51. The Balaban J connectivity index is 1.72. The third kappa shape index (κ3) is 4.95. The maximum absolute atomic E-state index is 12.9. The smallest absolute Gasteiger partial charge is 0.316 e. The van der Waals surface area contributed by atoms with E-state index in [9.17, 15) is 9.59 Å². The molecule has 0 aliphatic carbocycles. The number of nitrogens with two attached hydrogens (primary N) is 1. The first-order chi connectivity index (χ1) is 13.1. The number of rotatable bonds is 6. The molecule has 5 heteroatoms. The van der Waals surface area contributed by atoms with Crippen molar-refractivity contribution in [3.63, 3.8) is 0 Å². The first-order valence-corrected chi connectivity index (χ1v) is 8.66. The Kier molecular flexibility index (Phi) is 5.84. The minimum Gasteiger partial charge on any atom is -0.351 e. The molecule has 4 N–H and O–H groups in total. The summed E-state index contributed by atoms with van der Waals surface area (Å²) in [7, 11) is 0. The highest BCUT2D eigenvalue weighted by molar-refractivity contribution is 5.88. The average molecular weight is 359 g/mol. The lowest BCUT2D eigenvalue weighted by atomic mass is 9.90. The molecule has 5 nitrogen and oxygen atoms in total. The molecule has 0 heterocycles. The Labute approximate surface area is 158 Å². The number of anilines is 1. The summed E-state index contributed by atoms with van der Waals surface area (Å²) in [4.78, 5) is 23.8. The van der Waals surface area contributed by atoms with E-state index in [1.807, 2.05) is 72.8 Å². The first kappa shape index (κ1) is 18.2. The van der Waals surface area contributed by atoms with E-state index in [1.165, 1.54) is 0 Å². The number of urea groups is 1. The third-order valence-corrected chi connectivity index (χ3v) is 4.22. The number of hydrogen-bond donors (Lipinski definition) is 3. The molecule has 0 spiro atoms. The number of nitrogens with one attached hydrogen (secondary N) is 2. The topological polar surface area (TPSA) is 84.2 Å². The van der Waals surface area contributed by atoms with E-state index in [1.54, 1.807) is 12.1 Å². The summed E-state index contributed by atoms with van der Waals surface area (Å²) in [5.41, 5.74) is 8.53. The Morgan fingerprint density at radius 3 is 1.78 bits per heavy atom. The van der Waals surface area contributed by atoms with Crippen LogP contribution in [0.5, 0.6) is 0 Å². The SMILES string of the molecule is NC(=O)Nc1ccc(CNC(=O)C(c2ccccc2)c2ccccc2)cc1. The van der Waals surface area contributed by atoms with E-state index < -0.39 is 6.03 Å². The number of hydrogen-bond acceptors (Lipinski definition) is 2. The lowest BCUT2D eigenvalue weighted by Gasteiger charge is -2.18. The molecule has 0 saturated carbocycles. The van der Waals surface area contributed by atoms with Crippen LogP contribution in [0.4, 0.5) is 10.5 Å². The van der Waals surface area contributed by atoms with Gasteiger partial charge in [-0.25, -0.2) is 4.79 Å². The molecule has 0 atom stereocenters. The Bertz CT molecular complexity index is 854. The molecular weight excluding hydrogens is 338 g/mol. The predicted molar refractivity (Wildman–Crippen MR) is 106 cm³/mol. The lowest BCUT2D eigenvalue weighted by molar-refractivity contribution is -0.121. The van der Waals surface area contributed by atoms with Gasteiger partial charge in [-0.15, -0.1) is 0 Å². The highest BCUT2D eigenvalue weighted by Crippen LogP contribution is 2.24. The summed E-state index contributed by atoms with van der Waals surface area (Å²) in [5.74, 6) is -0.435. The predicted octanol–water partition coefficient (Wildman–Crippen LogP) is 3.63. The van der Waals surface area contributed by atoms with Gasteiger partial charge in [-0.1, -0.05) is 72.8 Å². The van der Waals surface area contributed by atoms with Gasteiger partial charge in [-0.05, 0) is 28.8 Å². The molecule has 3 amide bonds. The van der Waals surface area contributed by atoms with E-state index >= 15 is 0 Å². The lowest BCUT2D eigenvalue weighted by Crippen LogP contribution is -2.29. The number of amides is 3. The van der Waals surface area contributed by atoms with Crippen LogP contribution < -0.4 is 16.4 Å². The van der Waals surface area contributed by atoms with Crippen LogP contribution in [0, 0.1) is 0 Å². The van der Waals surface area contributed by atoms with Crippen molar-refractivity contribution in [3.8, 4) is 0 Å². The quantitative estimate of drug-likeness (QED) is 0.628. The van der Waals surface area contributed by atoms with E-state index in [0.717, 1.165) is 16.7 Å². The minimum atomic E-state index is -0.607. The van der Waals surface area contributed by atoms with Gasteiger partial charge in [0.2, 0.25) is 5.91 Å². The fourth-order valence-electron chi connectivity index (χ4n) is 2.93. The largest absolute Gasteiger partial charge is 0.351 e. The van der Waals surface area contributed by atoms with E-state index in [-0.39, 0.29) is 11.8 Å². The standard InChI is InChI=1S/C22H21N3O2/c23-22(27)25-19-13-11-16(12-14-19)15-24-21(26)20(17-7-3-1-4-8-17)18-9-5-2-6-10-18/h1-14,20H,15H2,(H,24,26)(H3,23,25,27). The van der Waals surface area contributed by atoms with Crippen molar-refractivity contribution in [2.24, 2.45) is 5.73 Å². The van der Waals surface area contributed by atoms with Crippen molar-refractivity contribution in [3.05, 3.63) is 102 Å². The van der Waals surface area contributed by atoms with Gasteiger partial charge in [0.1, 0.15) is 0 Å². The first-order valence-electron chi connectivity index (χ1n) is 8.66. The fraction of sp³-hybridized carbons (Fsp3) is 0.0909. The molecule has 3 aromatic carbocycles. The minimum absolute atomic E-state index is 0.0632. The van der Waals surface area contributed by atoms with Gasteiger partial charge in [0.25, 0.3) is 0 Å². The molecule has 0 aliphatic rings. The second kappa shape index (κ2) is 8.67. The molecule has 0 aliphatic heterocycles. The molecule has 0 radical (unpaired) electrons. The summed E-state index contributed by atoms with van der Waals surface area (Å²) < 4.78 is 0. The van der Waals surface area contributed by atoms with Crippen molar-refractivity contribution in [1.29, 1.82) is 0 Å². The second-order valence-corrected chi connectivity index (χ2v) is 6.16. The summed E-state index contributed by atoms with van der Waals surface area (Å²) >= 11 is 0. The molecule has 0 saturated heterocycles. The summed E-state index contributed by atoms with van der Waals surface area (Å²) in [6.07, 6.45) is 0. The molecule has 136 valence electrons. The number of carbonyl (C=O) groups is 2. The van der Waals surface area contributed by atoms with Gasteiger partial charge < -0.3 is 16.4 Å². The van der Waals surface area contributed by atoms with Crippen molar-refractivity contribution in [2.45, 2.75) is 12.5 Å². The molecule has 3 rings (SSSR count). The van der Waals surface area contributed by atoms with Crippen LogP contribution in [0.1, 0.15) is 22.6 Å². The van der Waals surface area contributed by atoms with E-state index in [4.69, 9.17) is 5.73 Å². The molecular formula is C22H21N3O2. The van der Waals surface area contributed by atoms with Gasteiger partial charge in [-0.2, -0.15) is 0 Å². The van der Waals surface area contributed by atoms with Gasteiger partial charge in [0.15, 0.2) is 0 Å². The number of carbonyl (C=O) groups excluding carboxylic acids is 2. The highest BCUT2D eigenvalue weighted by atomic mass is 16.2. The van der Waals surface area contributed by atoms with Gasteiger partial charge >= 0.3 is 6.03 Å². The molecule has 27 heavy (non-hydrogen) atoms. The average Bonchev–Trinajstić information content (AvgIpc) is 2.69. The molecule has 3 aromatic rings. The van der Waals surface area contributed by atoms with Gasteiger partial charge in [-0.3, -0.25) is 4.79 Å². The zero-order valence-electron chi connectivity index (χ0n) is 14.8. The van der Waals surface area contributed by atoms with E-state index in [2.05, 4.69) is 10.6 Å². The molecule has 0 bridgehead atoms. The van der Waals surface area contributed by atoms with Crippen LogP contribution in [0.3, 0.4) is 0 Å². The Morgan fingerprint density at radius 2 is 1.30 bits per heavy atom. The maximum Gasteiger partial charge on any atom is 0.316 e. The van der Waals surface area contributed by atoms with Gasteiger partial charge in [0.05, 0.1) is 5.92 Å². The van der Waals surface area contributed by atoms with Crippen molar-refractivity contribution in [2.75, 3.05) is 5.32 Å². The molecule has 0 unspecified atom stereocenters.